The normalized spacial score (nSPS) is 11.2. The zero-order chi connectivity index (χ0) is 20.5. The van der Waals surface area contributed by atoms with Gasteiger partial charge in [-0.3, -0.25) is 0 Å². The molecule has 0 aromatic heterocycles. The van der Waals surface area contributed by atoms with E-state index in [0.29, 0.717) is 19.0 Å². The lowest BCUT2D eigenvalue weighted by Gasteiger charge is -2.17. The fraction of sp³-hybridized carbons (Fsp3) is 0.409. The predicted octanol–water partition coefficient (Wildman–Crippen LogP) is 4.29. The second kappa shape index (κ2) is 12.6. The molecule has 0 aliphatic rings. The molecule has 0 unspecified atom stereocenters. The van der Waals surface area contributed by atoms with Gasteiger partial charge in [-0.15, -0.1) is 24.0 Å². The number of aryl methyl sites for hydroxylation is 1. The van der Waals surface area contributed by atoms with E-state index in [2.05, 4.69) is 27.8 Å². The van der Waals surface area contributed by atoms with Gasteiger partial charge in [-0.1, -0.05) is 18.2 Å². The second-order valence-corrected chi connectivity index (χ2v) is 6.91. The summed E-state index contributed by atoms with van der Waals surface area (Å²) in [5.74, 6) is 1.12. The third-order valence-electron chi connectivity index (χ3n) is 4.08. The molecule has 0 radical (unpaired) electrons. The fourth-order valence-electron chi connectivity index (χ4n) is 2.71. The van der Waals surface area contributed by atoms with Crippen LogP contribution >= 0.6 is 24.0 Å². The van der Waals surface area contributed by atoms with Crippen molar-refractivity contribution in [2.45, 2.75) is 53.5 Å². The Bertz CT molecular complexity index is 813. The van der Waals surface area contributed by atoms with Crippen molar-refractivity contribution in [3.05, 3.63) is 64.5 Å². The van der Waals surface area contributed by atoms with Crippen LogP contribution in [0, 0.1) is 12.7 Å². The molecule has 7 heteroatoms. The third-order valence-corrected chi connectivity index (χ3v) is 4.08. The number of hydrogen-bond donors (Lipinski definition) is 3. The lowest BCUT2D eigenvalue weighted by Crippen LogP contribution is -2.36. The fourth-order valence-corrected chi connectivity index (χ4v) is 2.71. The van der Waals surface area contributed by atoms with Gasteiger partial charge in [0.25, 0.3) is 0 Å². The molecule has 0 amide bonds. The smallest absolute Gasteiger partial charge is 0.191 e. The number of nitrogens with zero attached hydrogens (tertiary/aromatic N) is 1. The lowest BCUT2D eigenvalue weighted by atomic mass is 10.1. The first-order valence-electron chi connectivity index (χ1n) is 9.59. The molecule has 0 aliphatic carbocycles. The molecule has 0 fully saturated rings. The minimum absolute atomic E-state index is 0. The highest BCUT2D eigenvalue weighted by molar-refractivity contribution is 14.0. The summed E-state index contributed by atoms with van der Waals surface area (Å²) in [4.78, 5) is 4.56. The number of rotatable bonds is 8. The average Bonchev–Trinajstić information content (AvgIpc) is 2.65. The van der Waals surface area contributed by atoms with Crippen LogP contribution in [0.15, 0.2) is 41.4 Å². The topological polar surface area (TPSA) is 65.9 Å². The van der Waals surface area contributed by atoms with E-state index in [4.69, 9.17) is 4.74 Å². The Labute approximate surface area is 189 Å². The van der Waals surface area contributed by atoms with E-state index in [1.165, 1.54) is 6.07 Å². The number of benzene rings is 2. The Balaban J connectivity index is 0.00000420. The van der Waals surface area contributed by atoms with Crippen molar-refractivity contribution in [3.63, 3.8) is 0 Å². The minimum atomic E-state index is -0.405. The van der Waals surface area contributed by atoms with Gasteiger partial charge in [0.1, 0.15) is 11.6 Å². The number of aliphatic hydroxyl groups is 1. The Kier molecular flexibility index (Phi) is 11.0. The van der Waals surface area contributed by atoms with Crippen molar-refractivity contribution in [2.24, 2.45) is 4.99 Å². The van der Waals surface area contributed by atoms with Crippen molar-refractivity contribution in [3.8, 4) is 5.75 Å². The molecule has 0 heterocycles. The van der Waals surface area contributed by atoms with Gasteiger partial charge in [0, 0.05) is 24.2 Å². The molecular formula is C22H31FIN3O2. The van der Waals surface area contributed by atoms with Crippen LogP contribution in [0.25, 0.3) is 0 Å². The zero-order valence-corrected chi connectivity index (χ0v) is 19.8. The van der Waals surface area contributed by atoms with E-state index >= 15 is 0 Å². The molecule has 0 bridgehead atoms. The van der Waals surface area contributed by atoms with Crippen molar-refractivity contribution in [1.82, 2.24) is 10.6 Å². The van der Waals surface area contributed by atoms with Crippen LogP contribution in [-0.2, 0) is 19.7 Å². The monoisotopic (exact) mass is 515 g/mol. The van der Waals surface area contributed by atoms with E-state index in [0.717, 1.165) is 29.0 Å². The Hall–Kier alpha value is -1.87. The van der Waals surface area contributed by atoms with Gasteiger partial charge in [-0.2, -0.15) is 0 Å². The third kappa shape index (κ3) is 8.18. The Morgan fingerprint density at radius 2 is 1.90 bits per heavy atom. The van der Waals surface area contributed by atoms with Gasteiger partial charge in [-0.25, -0.2) is 9.38 Å². The summed E-state index contributed by atoms with van der Waals surface area (Å²) in [6.07, 6.45) is 0.0988. The SMILES string of the molecule is CCNC(=NCc1ccc(F)c(CO)c1)NCc1ccc(C)cc1OC(C)C.I. The standard InChI is InChI=1S/C22H30FN3O2.HI/c1-5-24-22(25-12-17-7-9-20(23)19(11-17)14-27)26-13-18-8-6-16(4)10-21(18)28-15(2)3;/h6-11,15,27H,5,12-14H2,1-4H3,(H2,24,25,26);1H. The number of ether oxygens (including phenoxy) is 1. The molecule has 0 aliphatic heterocycles. The summed E-state index contributed by atoms with van der Waals surface area (Å²) in [6.45, 7) is 9.40. The maximum Gasteiger partial charge on any atom is 0.191 e. The van der Waals surface area contributed by atoms with E-state index in [1.807, 2.05) is 33.8 Å². The first-order chi connectivity index (χ1) is 13.4. The molecule has 0 atom stereocenters. The summed E-state index contributed by atoms with van der Waals surface area (Å²) in [5, 5.41) is 15.7. The number of aliphatic hydroxyl groups excluding tert-OH is 1. The highest BCUT2D eigenvalue weighted by Crippen LogP contribution is 2.21. The van der Waals surface area contributed by atoms with Gasteiger partial charge < -0.3 is 20.5 Å². The molecule has 0 spiro atoms. The molecule has 0 saturated carbocycles. The maximum atomic E-state index is 13.5. The zero-order valence-electron chi connectivity index (χ0n) is 17.5. The summed E-state index contributed by atoms with van der Waals surface area (Å²) < 4.78 is 19.4. The van der Waals surface area contributed by atoms with E-state index < -0.39 is 5.82 Å². The van der Waals surface area contributed by atoms with Crippen molar-refractivity contribution < 1.29 is 14.2 Å². The van der Waals surface area contributed by atoms with Crippen molar-refractivity contribution in [2.75, 3.05) is 6.54 Å². The minimum Gasteiger partial charge on any atom is -0.491 e. The van der Waals surface area contributed by atoms with Crippen LogP contribution in [-0.4, -0.2) is 23.7 Å². The number of nitrogens with one attached hydrogen (secondary N) is 2. The van der Waals surface area contributed by atoms with Gasteiger partial charge >= 0.3 is 0 Å². The summed E-state index contributed by atoms with van der Waals surface area (Å²) in [5.41, 5.74) is 3.31. The number of aliphatic imine (C=N–C) groups is 1. The quantitative estimate of drug-likeness (QED) is 0.279. The lowest BCUT2D eigenvalue weighted by molar-refractivity contribution is 0.239. The maximum absolute atomic E-state index is 13.5. The molecule has 0 saturated heterocycles. The first-order valence-corrected chi connectivity index (χ1v) is 9.59. The van der Waals surface area contributed by atoms with Crippen LogP contribution < -0.4 is 15.4 Å². The van der Waals surface area contributed by atoms with Crippen molar-refractivity contribution in [1.29, 1.82) is 0 Å². The van der Waals surface area contributed by atoms with Gasteiger partial charge in [-0.05, 0) is 57.0 Å². The van der Waals surface area contributed by atoms with Gasteiger partial charge in [0.05, 0.1) is 19.3 Å². The van der Waals surface area contributed by atoms with E-state index in [9.17, 15) is 9.50 Å². The number of hydrogen-bond acceptors (Lipinski definition) is 3. The Morgan fingerprint density at radius 3 is 2.55 bits per heavy atom. The average molecular weight is 515 g/mol. The molecule has 2 rings (SSSR count). The summed E-state index contributed by atoms with van der Waals surface area (Å²) in [7, 11) is 0. The highest BCUT2D eigenvalue weighted by Gasteiger charge is 2.08. The van der Waals surface area contributed by atoms with Crippen LogP contribution in [0.5, 0.6) is 5.75 Å². The molecule has 160 valence electrons. The summed E-state index contributed by atoms with van der Waals surface area (Å²) >= 11 is 0. The molecule has 2 aromatic carbocycles. The number of guanidine groups is 1. The van der Waals surface area contributed by atoms with Gasteiger partial charge in [0.15, 0.2) is 5.96 Å². The van der Waals surface area contributed by atoms with Crippen molar-refractivity contribution >= 4 is 29.9 Å². The van der Waals surface area contributed by atoms with Crippen LogP contribution in [0.4, 0.5) is 4.39 Å². The van der Waals surface area contributed by atoms with E-state index in [-0.39, 0.29) is 42.3 Å². The molecule has 5 nitrogen and oxygen atoms in total. The predicted molar refractivity (Wildman–Crippen MR) is 126 cm³/mol. The highest BCUT2D eigenvalue weighted by atomic mass is 127. The molecule has 3 N–H and O–H groups in total. The van der Waals surface area contributed by atoms with E-state index in [1.54, 1.807) is 12.1 Å². The number of halogens is 2. The summed E-state index contributed by atoms with van der Waals surface area (Å²) in [6, 6.07) is 10.8. The first kappa shape index (κ1) is 25.2. The largest absolute Gasteiger partial charge is 0.491 e. The Morgan fingerprint density at radius 1 is 1.14 bits per heavy atom. The molecule has 29 heavy (non-hydrogen) atoms. The van der Waals surface area contributed by atoms with Gasteiger partial charge in [0.2, 0.25) is 0 Å². The van der Waals surface area contributed by atoms with Crippen LogP contribution in [0.3, 0.4) is 0 Å². The second-order valence-electron chi connectivity index (χ2n) is 6.91. The van der Waals surface area contributed by atoms with Crippen LogP contribution in [0.2, 0.25) is 0 Å². The van der Waals surface area contributed by atoms with Crippen LogP contribution in [0.1, 0.15) is 43.0 Å². The molecule has 2 aromatic rings. The molecular weight excluding hydrogens is 484 g/mol.